The Bertz CT molecular complexity index is 1300. The Morgan fingerprint density at radius 3 is 2.62 bits per heavy atom. The molecule has 7 atom stereocenters. The number of ether oxygens (including phenoxy) is 2. The zero-order valence-electron chi connectivity index (χ0n) is 20.5. The number of hydrogen-bond acceptors (Lipinski definition) is 9. The van der Waals surface area contributed by atoms with E-state index in [0.29, 0.717) is 6.42 Å². The molecule has 0 radical (unpaired) electrons. The molecule has 1 aliphatic carbocycles. The Kier molecular flexibility index (Phi) is 7.72. The second-order valence-electron chi connectivity index (χ2n) is 9.13. The topological polar surface area (TPSA) is 158 Å². The number of hydrogen-bond donors (Lipinski definition) is 3. The highest BCUT2D eigenvalue weighted by molar-refractivity contribution is 7.52. The lowest BCUT2D eigenvalue weighted by atomic mass is 10.0. The lowest BCUT2D eigenvalue weighted by Crippen LogP contribution is -2.47. The molecule has 4 rings (SSSR count). The number of aromatic nitrogens is 2. The third kappa shape index (κ3) is 5.27. The first kappa shape index (κ1) is 27.6. The van der Waals surface area contributed by atoms with E-state index in [-0.39, 0.29) is 12.4 Å². The molecule has 2 fully saturated rings. The maximum absolute atomic E-state index is 13.8. The van der Waals surface area contributed by atoms with Crippen LogP contribution in [-0.4, -0.2) is 56.0 Å². The number of esters is 1. The lowest BCUT2D eigenvalue weighted by molar-refractivity contribution is -0.145. The minimum Gasteiger partial charge on any atom is -0.465 e. The summed E-state index contributed by atoms with van der Waals surface area (Å²) in [6.45, 7) is 5.04. The Morgan fingerprint density at radius 1 is 1.32 bits per heavy atom. The van der Waals surface area contributed by atoms with Crippen LogP contribution in [0.15, 0.2) is 52.2 Å². The van der Waals surface area contributed by atoms with Crippen LogP contribution in [0.25, 0.3) is 0 Å². The van der Waals surface area contributed by atoms with Gasteiger partial charge in [-0.3, -0.25) is 23.7 Å². The van der Waals surface area contributed by atoms with E-state index in [4.69, 9.17) is 30.1 Å². The number of rotatable bonds is 11. The van der Waals surface area contributed by atoms with Gasteiger partial charge in [0.25, 0.3) is 5.56 Å². The van der Waals surface area contributed by atoms with Gasteiger partial charge < -0.3 is 19.1 Å². The van der Waals surface area contributed by atoms with Crippen molar-refractivity contribution in [1.29, 1.82) is 0 Å². The van der Waals surface area contributed by atoms with Gasteiger partial charge in [-0.1, -0.05) is 31.5 Å². The highest BCUT2D eigenvalue weighted by Crippen LogP contribution is 2.66. The van der Waals surface area contributed by atoms with E-state index >= 15 is 0 Å². The molecule has 37 heavy (non-hydrogen) atoms. The second kappa shape index (κ2) is 10.4. The molecular weight excluding hydrogens is 529 g/mol. The van der Waals surface area contributed by atoms with Crippen LogP contribution in [0.3, 0.4) is 0 Å². The molecule has 1 saturated carbocycles. The van der Waals surface area contributed by atoms with Gasteiger partial charge >= 0.3 is 19.4 Å². The average Bonchev–Trinajstić information content (AvgIpc) is 3.32. The number of carbonyl (C=O) groups is 1. The van der Waals surface area contributed by atoms with Crippen molar-refractivity contribution in [3.05, 3.63) is 63.4 Å². The molecule has 14 heteroatoms. The molecule has 3 N–H and O–H groups in total. The number of carbonyl (C=O) groups excluding carboxylic acids is 1. The summed E-state index contributed by atoms with van der Waals surface area (Å²) < 4.78 is 37.3. The summed E-state index contributed by atoms with van der Waals surface area (Å²) in [6.07, 6.45) is -0.764. The van der Waals surface area contributed by atoms with Crippen LogP contribution in [0, 0.1) is 0 Å². The first-order valence-electron chi connectivity index (χ1n) is 11.8. The second-order valence-corrected chi connectivity index (χ2v) is 11.6. The number of alkyl halides is 1. The Morgan fingerprint density at radius 2 is 2.03 bits per heavy atom. The van der Waals surface area contributed by atoms with Crippen LogP contribution in [0.2, 0.25) is 0 Å². The molecule has 3 unspecified atom stereocenters. The molecule has 2 aromatic rings. The van der Waals surface area contributed by atoms with E-state index in [0.717, 1.165) is 17.1 Å². The fraction of sp³-hybridized carbons (Fsp3) is 0.522. The van der Waals surface area contributed by atoms with Crippen molar-refractivity contribution >= 4 is 25.3 Å². The predicted octanol–water partition coefficient (Wildman–Crippen LogP) is 2.07. The van der Waals surface area contributed by atoms with Gasteiger partial charge in [-0.25, -0.2) is 9.36 Å². The van der Waals surface area contributed by atoms with Crippen molar-refractivity contribution in [3.8, 4) is 5.75 Å². The molecule has 2 heterocycles. The number of halogens is 1. The summed E-state index contributed by atoms with van der Waals surface area (Å²) in [4.78, 5) is 36.6. The maximum atomic E-state index is 13.8. The third-order valence-corrected chi connectivity index (χ3v) is 8.48. The molecule has 2 aliphatic rings. The molecule has 0 amide bonds. The van der Waals surface area contributed by atoms with Crippen molar-refractivity contribution in [2.75, 3.05) is 6.61 Å². The molecule has 1 saturated heterocycles. The summed E-state index contributed by atoms with van der Waals surface area (Å²) in [6, 6.07) is 8.19. The molecule has 12 nitrogen and oxygen atoms in total. The minimum atomic E-state index is -4.31. The van der Waals surface area contributed by atoms with Gasteiger partial charge in [-0.2, -0.15) is 5.09 Å². The van der Waals surface area contributed by atoms with Crippen molar-refractivity contribution < 1.29 is 33.0 Å². The number of unbranched alkanes of at least 4 members (excludes halogenated alkanes) is 1. The fourth-order valence-electron chi connectivity index (χ4n) is 4.16. The zero-order valence-corrected chi connectivity index (χ0v) is 22.1. The molecule has 1 aliphatic heterocycles. The Balaban J connectivity index is 1.54. The normalized spacial score (nSPS) is 30.7. The first-order chi connectivity index (χ1) is 17.4. The van der Waals surface area contributed by atoms with Crippen LogP contribution in [0.1, 0.15) is 39.8 Å². The van der Waals surface area contributed by atoms with E-state index in [2.05, 4.69) is 10.1 Å². The average molecular weight is 558 g/mol. The Labute approximate surface area is 217 Å². The van der Waals surface area contributed by atoms with Crippen molar-refractivity contribution in [2.45, 2.75) is 68.6 Å². The standard InChI is InChI=1S/C23H29ClN3O9P/c1-4-5-13-33-19(29)14(2)26-37(32,35-15-9-7-6-8-10-15)36-18-17-23(18,31)22(3,24)20(34-17)27-12-11-16(28)25-21(27)30/h6-12,14,17-18,20,31H,4-5,13H2,1-3H3,(H,26,32)(H,25,28,30)/t14?,17-,18?,20-,22+,23+,37?/m1/s1. The smallest absolute Gasteiger partial charge is 0.459 e. The first-order valence-corrected chi connectivity index (χ1v) is 13.7. The SMILES string of the molecule is CCCCOC(=O)C(C)NP(=O)(Oc1ccccc1)OC1[C@H]2O[C@@H](n3ccc(=O)[nH]c3=O)[C@](C)(Cl)[C@@]12O. The quantitative estimate of drug-likeness (QED) is 0.162. The van der Waals surface area contributed by atoms with E-state index in [1.165, 1.54) is 20.0 Å². The highest BCUT2D eigenvalue weighted by Gasteiger charge is 2.84. The number of para-hydroxylation sites is 1. The monoisotopic (exact) mass is 557 g/mol. The molecule has 0 spiro atoms. The molecular formula is C23H29ClN3O9P. The highest BCUT2D eigenvalue weighted by atomic mass is 35.5. The summed E-state index contributed by atoms with van der Waals surface area (Å²) in [5.41, 5.74) is -3.26. The van der Waals surface area contributed by atoms with Crippen molar-refractivity contribution in [2.24, 2.45) is 0 Å². The fourth-order valence-corrected chi connectivity index (χ4v) is 6.24. The number of aliphatic hydroxyl groups is 1. The van der Waals surface area contributed by atoms with Gasteiger partial charge in [0.1, 0.15) is 34.5 Å². The van der Waals surface area contributed by atoms with E-state index in [1.54, 1.807) is 30.3 Å². The van der Waals surface area contributed by atoms with E-state index in [1.807, 2.05) is 6.92 Å². The predicted molar refractivity (Wildman–Crippen MR) is 132 cm³/mol. The number of benzene rings is 1. The summed E-state index contributed by atoms with van der Waals surface area (Å²) in [5, 5.41) is 13.9. The molecule has 202 valence electrons. The number of nitrogens with zero attached hydrogens (tertiary/aromatic N) is 1. The van der Waals surface area contributed by atoms with Crippen LogP contribution in [-0.2, 0) is 23.4 Å². The lowest BCUT2D eigenvalue weighted by Gasteiger charge is -2.33. The number of fused-ring (bicyclic) bond motifs is 1. The summed E-state index contributed by atoms with van der Waals surface area (Å²) >= 11 is 6.69. The number of aromatic amines is 1. The number of H-pyrrole nitrogens is 1. The van der Waals surface area contributed by atoms with Gasteiger partial charge in [-0.05, 0) is 32.4 Å². The van der Waals surface area contributed by atoms with Gasteiger partial charge in [0, 0.05) is 12.3 Å². The van der Waals surface area contributed by atoms with Gasteiger partial charge in [-0.15, -0.1) is 11.6 Å². The van der Waals surface area contributed by atoms with Gasteiger partial charge in [0.05, 0.1) is 6.61 Å². The van der Waals surface area contributed by atoms with Crippen molar-refractivity contribution in [3.63, 3.8) is 0 Å². The van der Waals surface area contributed by atoms with Crippen LogP contribution < -0.4 is 20.9 Å². The maximum Gasteiger partial charge on any atom is 0.459 e. The molecule has 1 aromatic heterocycles. The van der Waals surface area contributed by atoms with Crippen LogP contribution >= 0.6 is 19.3 Å². The molecule has 0 bridgehead atoms. The third-order valence-electron chi connectivity index (χ3n) is 6.33. The van der Waals surface area contributed by atoms with Gasteiger partial charge in [0.15, 0.2) is 6.23 Å². The molecule has 1 aromatic carbocycles. The summed E-state index contributed by atoms with van der Waals surface area (Å²) in [7, 11) is -4.31. The van der Waals surface area contributed by atoms with Crippen LogP contribution in [0.4, 0.5) is 0 Å². The zero-order chi connectivity index (χ0) is 27.0. The Hall–Kier alpha value is -2.47. The summed E-state index contributed by atoms with van der Waals surface area (Å²) in [5.74, 6) is -0.463. The van der Waals surface area contributed by atoms with Gasteiger partial charge in [0.2, 0.25) is 0 Å². The van der Waals surface area contributed by atoms with E-state index < -0.39 is 59.9 Å². The van der Waals surface area contributed by atoms with Crippen LogP contribution in [0.5, 0.6) is 5.75 Å². The number of nitrogens with one attached hydrogen (secondary N) is 2. The van der Waals surface area contributed by atoms with Crippen molar-refractivity contribution in [1.82, 2.24) is 14.6 Å². The van der Waals surface area contributed by atoms with E-state index in [9.17, 15) is 24.1 Å². The minimum absolute atomic E-state index is 0.190. The largest absolute Gasteiger partial charge is 0.465 e.